The van der Waals surface area contributed by atoms with Crippen LogP contribution in [0, 0.1) is 6.92 Å². The van der Waals surface area contributed by atoms with Crippen molar-refractivity contribution < 1.29 is 9.15 Å². The summed E-state index contributed by atoms with van der Waals surface area (Å²) in [6, 6.07) is 13.6. The maximum absolute atomic E-state index is 5.97. The first-order chi connectivity index (χ1) is 9.79. The smallest absolute Gasteiger partial charge is 0.192 e. The number of aryl methyl sites for hydroxylation is 1. The van der Waals surface area contributed by atoms with Crippen LogP contribution in [0.4, 0.5) is 0 Å². The van der Waals surface area contributed by atoms with E-state index in [4.69, 9.17) is 9.15 Å². The first-order valence-electron chi connectivity index (χ1n) is 6.41. The highest BCUT2D eigenvalue weighted by Crippen LogP contribution is 2.30. The zero-order valence-electron chi connectivity index (χ0n) is 10.9. The molecule has 4 aromatic rings. The van der Waals surface area contributed by atoms with Crippen molar-refractivity contribution in [1.29, 1.82) is 0 Å². The molecule has 0 amide bonds. The Morgan fingerprint density at radius 2 is 2.10 bits per heavy atom. The van der Waals surface area contributed by atoms with Gasteiger partial charge in [0.15, 0.2) is 11.5 Å². The molecule has 0 fully saturated rings. The van der Waals surface area contributed by atoms with E-state index in [0.717, 1.165) is 33.5 Å². The molecule has 0 saturated carbocycles. The lowest BCUT2D eigenvalue weighted by molar-refractivity contribution is 0.488. The van der Waals surface area contributed by atoms with Gasteiger partial charge in [-0.15, -0.1) is 0 Å². The minimum absolute atomic E-state index is 0.657. The second kappa shape index (κ2) is 4.13. The standard InChI is InChI=1S/C16H12N2O2/c1-10-18-14-9-11(5-6-16(14)19-10)20-15-4-2-3-13-12(15)7-8-17-13/h2-9,17H,1H3. The number of hydrogen-bond donors (Lipinski definition) is 1. The summed E-state index contributed by atoms with van der Waals surface area (Å²) < 4.78 is 11.4. The van der Waals surface area contributed by atoms with E-state index in [1.165, 1.54) is 0 Å². The van der Waals surface area contributed by atoms with Crippen molar-refractivity contribution in [2.75, 3.05) is 0 Å². The van der Waals surface area contributed by atoms with Crippen LogP contribution in [0.3, 0.4) is 0 Å². The fraction of sp³-hybridized carbons (Fsp3) is 0.0625. The molecule has 0 aliphatic carbocycles. The summed E-state index contributed by atoms with van der Waals surface area (Å²) in [6.07, 6.45) is 1.90. The largest absolute Gasteiger partial charge is 0.457 e. The lowest BCUT2D eigenvalue weighted by atomic mass is 10.2. The molecule has 1 N–H and O–H groups in total. The van der Waals surface area contributed by atoms with Gasteiger partial charge in [-0.25, -0.2) is 4.98 Å². The Morgan fingerprint density at radius 3 is 3.05 bits per heavy atom. The molecular weight excluding hydrogens is 252 g/mol. The Kier molecular flexibility index (Phi) is 2.29. The zero-order chi connectivity index (χ0) is 13.5. The third-order valence-electron chi connectivity index (χ3n) is 3.25. The van der Waals surface area contributed by atoms with E-state index in [0.29, 0.717) is 5.89 Å². The molecule has 4 rings (SSSR count). The van der Waals surface area contributed by atoms with E-state index in [2.05, 4.69) is 9.97 Å². The number of nitrogens with one attached hydrogen (secondary N) is 1. The number of hydrogen-bond acceptors (Lipinski definition) is 3. The fourth-order valence-electron chi connectivity index (χ4n) is 2.36. The van der Waals surface area contributed by atoms with Gasteiger partial charge in [-0.1, -0.05) is 6.07 Å². The molecule has 0 bridgehead atoms. The predicted molar refractivity (Wildman–Crippen MR) is 77.1 cm³/mol. The van der Waals surface area contributed by atoms with Gasteiger partial charge in [0.2, 0.25) is 0 Å². The third-order valence-corrected chi connectivity index (χ3v) is 3.25. The van der Waals surface area contributed by atoms with E-state index in [-0.39, 0.29) is 0 Å². The number of rotatable bonds is 2. The Morgan fingerprint density at radius 1 is 1.15 bits per heavy atom. The number of nitrogens with zero attached hydrogens (tertiary/aromatic N) is 1. The lowest BCUT2D eigenvalue weighted by Crippen LogP contribution is -1.84. The van der Waals surface area contributed by atoms with Gasteiger partial charge in [-0.2, -0.15) is 0 Å². The Labute approximate surface area is 115 Å². The van der Waals surface area contributed by atoms with Crippen molar-refractivity contribution in [3.8, 4) is 11.5 Å². The van der Waals surface area contributed by atoms with Crippen molar-refractivity contribution in [1.82, 2.24) is 9.97 Å². The molecule has 0 atom stereocenters. The van der Waals surface area contributed by atoms with Gasteiger partial charge in [0, 0.05) is 30.1 Å². The van der Waals surface area contributed by atoms with Crippen LogP contribution in [0.2, 0.25) is 0 Å². The summed E-state index contributed by atoms with van der Waals surface area (Å²) in [5.41, 5.74) is 2.64. The quantitative estimate of drug-likeness (QED) is 0.583. The second-order valence-electron chi connectivity index (χ2n) is 4.66. The molecule has 4 heteroatoms. The highest BCUT2D eigenvalue weighted by atomic mass is 16.5. The number of fused-ring (bicyclic) bond motifs is 2. The molecule has 0 aliphatic rings. The summed E-state index contributed by atoms with van der Waals surface area (Å²) >= 11 is 0. The SMILES string of the molecule is Cc1nc2cc(Oc3cccc4[nH]ccc34)ccc2o1. The van der Waals surface area contributed by atoms with Gasteiger partial charge in [0.1, 0.15) is 17.0 Å². The number of ether oxygens (including phenoxy) is 1. The van der Waals surface area contributed by atoms with Crippen LogP contribution in [0.5, 0.6) is 11.5 Å². The zero-order valence-corrected chi connectivity index (χ0v) is 10.9. The molecule has 0 aliphatic heterocycles. The van der Waals surface area contributed by atoms with Gasteiger partial charge in [-0.3, -0.25) is 0 Å². The Bertz CT molecular complexity index is 905. The molecular formula is C16H12N2O2. The molecule has 0 unspecified atom stereocenters. The van der Waals surface area contributed by atoms with Crippen LogP contribution in [0.15, 0.2) is 53.1 Å². The van der Waals surface area contributed by atoms with Gasteiger partial charge >= 0.3 is 0 Å². The van der Waals surface area contributed by atoms with Crippen molar-refractivity contribution in [2.45, 2.75) is 6.92 Å². The monoisotopic (exact) mass is 264 g/mol. The first-order valence-corrected chi connectivity index (χ1v) is 6.41. The van der Waals surface area contributed by atoms with Crippen molar-refractivity contribution in [3.63, 3.8) is 0 Å². The van der Waals surface area contributed by atoms with Crippen molar-refractivity contribution >= 4 is 22.0 Å². The topological polar surface area (TPSA) is 51.0 Å². The van der Waals surface area contributed by atoms with Crippen LogP contribution >= 0.6 is 0 Å². The van der Waals surface area contributed by atoms with E-state index in [9.17, 15) is 0 Å². The second-order valence-corrected chi connectivity index (χ2v) is 4.66. The lowest BCUT2D eigenvalue weighted by Gasteiger charge is -2.06. The number of oxazole rings is 1. The minimum atomic E-state index is 0.657. The maximum atomic E-state index is 5.97. The first kappa shape index (κ1) is 11.1. The van der Waals surface area contributed by atoms with Crippen molar-refractivity contribution in [2.24, 2.45) is 0 Å². The molecule has 98 valence electrons. The highest BCUT2D eigenvalue weighted by Gasteiger charge is 2.07. The summed E-state index contributed by atoms with van der Waals surface area (Å²) in [6.45, 7) is 1.83. The minimum Gasteiger partial charge on any atom is -0.457 e. The van der Waals surface area contributed by atoms with E-state index >= 15 is 0 Å². The predicted octanol–water partition coefficient (Wildman–Crippen LogP) is 4.41. The molecule has 0 spiro atoms. The summed E-state index contributed by atoms with van der Waals surface area (Å²) in [7, 11) is 0. The summed E-state index contributed by atoms with van der Waals surface area (Å²) in [5, 5.41) is 1.06. The molecule has 4 nitrogen and oxygen atoms in total. The van der Waals surface area contributed by atoms with E-state index in [1.54, 1.807) is 0 Å². The number of aromatic nitrogens is 2. The normalized spacial score (nSPS) is 11.2. The maximum Gasteiger partial charge on any atom is 0.192 e. The Hall–Kier alpha value is -2.75. The number of benzene rings is 2. The Balaban J connectivity index is 1.78. The van der Waals surface area contributed by atoms with Crippen LogP contribution in [-0.2, 0) is 0 Å². The van der Waals surface area contributed by atoms with Crippen LogP contribution in [0.25, 0.3) is 22.0 Å². The number of H-pyrrole nitrogens is 1. The van der Waals surface area contributed by atoms with Crippen LogP contribution < -0.4 is 4.74 Å². The summed E-state index contributed by atoms with van der Waals surface area (Å²) in [5.74, 6) is 2.23. The highest BCUT2D eigenvalue weighted by molar-refractivity contribution is 5.86. The number of aromatic amines is 1. The molecule has 0 saturated heterocycles. The van der Waals surface area contributed by atoms with E-state index in [1.807, 2.05) is 55.6 Å². The van der Waals surface area contributed by atoms with Gasteiger partial charge < -0.3 is 14.1 Å². The molecule has 2 aromatic carbocycles. The van der Waals surface area contributed by atoms with Gasteiger partial charge in [-0.05, 0) is 30.3 Å². The third kappa shape index (κ3) is 1.73. The summed E-state index contributed by atoms with van der Waals surface area (Å²) in [4.78, 5) is 7.49. The van der Waals surface area contributed by atoms with Crippen molar-refractivity contribution in [3.05, 3.63) is 54.6 Å². The molecule has 20 heavy (non-hydrogen) atoms. The molecule has 0 radical (unpaired) electrons. The van der Waals surface area contributed by atoms with Gasteiger partial charge in [0.25, 0.3) is 0 Å². The van der Waals surface area contributed by atoms with Crippen LogP contribution in [-0.4, -0.2) is 9.97 Å². The average molecular weight is 264 g/mol. The van der Waals surface area contributed by atoms with Crippen LogP contribution in [0.1, 0.15) is 5.89 Å². The molecule has 2 aromatic heterocycles. The van der Waals surface area contributed by atoms with E-state index < -0.39 is 0 Å². The average Bonchev–Trinajstić information content (AvgIpc) is 3.03. The fourth-order valence-corrected chi connectivity index (χ4v) is 2.36. The van der Waals surface area contributed by atoms with Gasteiger partial charge in [0.05, 0.1) is 0 Å². The molecule has 2 heterocycles.